The van der Waals surface area contributed by atoms with Gasteiger partial charge in [-0.3, -0.25) is 9.59 Å². The Labute approximate surface area is 177 Å². The lowest BCUT2D eigenvalue weighted by atomic mass is 9.97. The molecule has 7 heteroatoms. The number of aromatic nitrogens is 3. The molecular formula is C23H22N4O2S. The highest BCUT2D eigenvalue weighted by molar-refractivity contribution is 7.18. The van der Waals surface area contributed by atoms with Gasteiger partial charge in [0.15, 0.2) is 0 Å². The van der Waals surface area contributed by atoms with E-state index in [0.29, 0.717) is 24.5 Å². The molecule has 3 heterocycles. The molecule has 0 radical (unpaired) electrons. The molecule has 1 aliphatic rings. The van der Waals surface area contributed by atoms with E-state index in [1.165, 1.54) is 9.71 Å². The molecule has 6 nitrogen and oxygen atoms in total. The minimum Gasteiger partial charge on any atom is -0.343 e. The molecule has 152 valence electrons. The number of piperidine rings is 1. The Morgan fingerprint density at radius 2 is 1.77 bits per heavy atom. The van der Waals surface area contributed by atoms with Crippen LogP contribution in [-0.4, -0.2) is 38.8 Å². The van der Waals surface area contributed by atoms with Gasteiger partial charge in [0.2, 0.25) is 5.91 Å². The van der Waals surface area contributed by atoms with E-state index in [1.807, 2.05) is 41.3 Å². The summed E-state index contributed by atoms with van der Waals surface area (Å²) in [6.45, 7) is 1.47. The summed E-state index contributed by atoms with van der Waals surface area (Å²) in [6.07, 6.45) is 2.53. The number of benzene rings is 2. The number of hydrogen-bond acceptors (Lipinski definition) is 5. The van der Waals surface area contributed by atoms with Crippen LogP contribution in [0.15, 0.2) is 53.3 Å². The number of nitrogens with zero attached hydrogens (tertiary/aromatic N) is 3. The van der Waals surface area contributed by atoms with E-state index in [-0.39, 0.29) is 11.5 Å². The first-order valence-electron chi connectivity index (χ1n) is 10.3. The van der Waals surface area contributed by atoms with Gasteiger partial charge in [-0.15, -0.1) is 11.3 Å². The average Bonchev–Trinajstić information content (AvgIpc) is 3.22. The maximum Gasteiger partial charge on any atom is 0.270 e. The molecule has 0 spiro atoms. The number of hydrogen-bond donors (Lipinski definition) is 1. The van der Waals surface area contributed by atoms with Crippen molar-refractivity contribution >= 4 is 38.5 Å². The van der Waals surface area contributed by atoms with E-state index < -0.39 is 0 Å². The predicted molar refractivity (Wildman–Crippen MR) is 119 cm³/mol. The molecule has 1 saturated heterocycles. The third kappa shape index (κ3) is 3.73. The normalized spacial score (nSPS) is 15.1. The van der Waals surface area contributed by atoms with Gasteiger partial charge in [0.1, 0.15) is 5.69 Å². The second-order valence-electron chi connectivity index (χ2n) is 7.70. The summed E-state index contributed by atoms with van der Waals surface area (Å²) in [4.78, 5) is 38.9. The number of carbonyl (C=O) groups excluding carboxylic acids is 1. The van der Waals surface area contributed by atoms with E-state index in [0.717, 1.165) is 42.5 Å². The van der Waals surface area contributed by atoms with Crippen molar-refractivity contribution in [2.24, 2.45) is 0 Å². The van der Waals surface area contributed by atoms with Crippen LogP contribution in [0.2, 0.25) is 0 Å². The molecular weight excluding hydrogens is 396 g/mol. The van der Waals surface area contributed by atoms with Crippen LogP contribution in [0, 0.1) is 0 Å². The van der Waals surface area contributed by atoms with Gasteiger partial charge in [0, 0.05) is 31.8 Å². The summed E-state index contributed by atoms with van der Waals surface area (Å²) in [7, 11) is 0. The van der Waals surface area contributed by atoms with Crippen molar-refractivity contribution < 1.29 is 4.79 Å². The summed E-state index contributed by atoms with van der Waals surface area (Å²) >= 11 is 1.76. The molecule has 4 aromatic rings. The molecule has 0 bridgehead atoms. The predicted octanol–water partition coefficient (Wildman–Crippen LogP) is 3.87. The molecule has 30 heavy (non-hydrogen) atoms. The summed E-state index contributed by atoms with van der Waals surface area (Å²) in [5.74, 6) is 0.503. The van der Waals surface area contributed by atoms with Crippen molar-refractivity contribution in [1.29, 1.82) is 0 Å². The van der Waals surface area contributed by atoms with Crippen LogP contribution in [0.1, 0.15) is 35.9 Å². The number of aromatic amines is 1. The van der Waals surface area contributed by atoms with Crippen molar-refractivity contribution in [2.45, 2.75) is 31.6 Å². The van der Waals surface area contributed by atoms with Crippen LogP contribution < -0.4 is 5.56 Å². The second-order valence-corrected chi connectivity index (χ2v) is 8.77. The van der Waals surface area contributed by atoms with Crippen molar-refractivity contribution in [2.75, 3.05) is 13.1 Å². The Balaban J connectivity index is 1.20. The number of aryl methyl sites for hydroxylation is 1. The summed E-state index contributed by atoms with van der Waals surface area (Å²) in [5.41, 5.74) is 2.73. The molecule has 1 fully saturated rings. The number of amides is 1. The second kappa shape index (κ2) is 7.99. The topological polar surface area (TPSA) is 79.0 Å². The molecule has 5 rings (SSSR count). The standard InChI is InChI=1S/C23H22N4O2S/c28-21(10-9-19-22(29)25-17-6-2-1-5-16(17)24-19)27-13-11-15(12-14-27)23-26-18-7-3-4-8-20(18)30-23/h1-8,15H,9-14H2,(H,25,29). The molecule has 0 atom stereocenters. The van der Waals surface area contributed by atoms with Gasteiger partial charge in [0.05, 0.1) is 26.3 Å². The number of thiazole rings is 1. The first-order valence-corrected chi connectivity index (χ1v) is 11.1. The summed E-state index contributed by atoms with van der Waals surface area (Å²) in [5, 5.41) is 1.18. The molecule has 0 aliphatic carbocycles. The van der Waals surface area contributed by atoms with E-state index in [9.17, 15) is 9.59 Å². The maximum atomic E-state index is 12.7. The minimum atomic E-state index is -0.212. The van der Waals surface area contributed by atoms with E-state index in [2.05, 4.69) is 22.1 Å². The lowest BCUT2D eigenvalue weighted by Gasteiger charge is -2.31. The van der Waals surface area contributed by atoms with Gasteiger partial charge >= 0.3 is 0 Å². The zero-order chi connectivity index (χ0) is 20.5. The van der Waals surface area contributed by atoms with Gasteiger partial charge in [-0.25, -0.2) is 9.97 Å². The number of rotatable bonds is 4. The maximum absolute atomic E-state index is 12.7. The largest absolute Gasteiger partial charge is 0.343 e. The van der Waals surface area contributed by atoms with Crippen molar-refractivity contribution in [3.05, 3.63) is 69.6 Å². The summed E-state index contributed by atoms with van der Waals surface area (Å²) < 4.78 is 1.22. The third-order valence-electron chi connectivity index (χ3n) is 5.75. The highest BCUT2D eigenvalue weighted by Crippen LogP contribution is 2.33. The lowest BCUT2D eigenvalue weighted by molar-refractivity contribution is -0.132. The van der Waals surface area contributed by atoms with Crippen LogP contribution >= 0.6 is 11.3 Å². The number of carbonyl (C=O) groups is 1. The van der Waals surface area contributed by atoms with Crippen LogP contribution in [-0.2, 0) is 11.2 Å². The number of para-hydroxylation sites is 3. The smallest absolute Gasteiger partial charge is 0.270 e. The highest BCUT2D eigenvalue weighted by Gasteiger charge is 2.26. The lowest BCUT2D eigenvalue weighted by Crippen LogP contribution is -2.38. The first kappa shape index (κ1) is 18.9. The number of H-pyrrole nitrogens is 1. The molecule has 0 saturated carbocycles. The van der Waals surface area contributed by atoms with Gasteiger partial charge in [-0.1, -0.05) is 24.3 Å². The molecule has 0 unspecified atom stereocenters. The van der Waals surface area contributed by atoms with Crippen LogP contribution in [0.4, 0.5) is 0 Å². The molecule has 2 aromatic heterocycles. The number of likely N-dealkylation sites (tertiary alicyclic amines) is 1. The minimum absolute atomic E-state index is 0.0899. The van der Waals surface area contributed by atoms with Crippen molar-refractivity contribution in [3.63, 3.8) is 0 Å². The highest BCUT2D eigenvalue weighted by atomic mass is 32.1. The molecule has 1 amide bonds. The molecule has 1 N–H and O–H groups in total. The fourth-order valence-corrected chi connectivity index (χ4v) is 5.20. The molecule has 1 aliphatic heterocycles. The zero-order valence-corrected chi connectivity index (χ0v) is 17.3. The quantitative estimate of drug-likeness (QED) is 0.546. The SMILES string of the molecule is O=C(CCc1nc2ccccc2[nH]c1=O)N1CCC(c2nc3ccccc3s2)CC1. The Morgan fingerprint density at radius 1 is 1.03 bits per heavy atom. The average molecular weight is 419 g/mol. The third-order valence-corrected chi connectivity index (χ3v) is 6.95. The Morgan fingerprint density at radius 3 is 2.57 bits per heavy atom. The van der Waals surface area contributed by atoms with Gasteiger partial charge in [-0.05, 0) is 37.1 Å². The number of fused-ring (bicyclic) bond motifs is 2. The Hall–Kier alpha value is -3.06. The molecule has 2 aromatic carbocycles. The van der Waals surface area contributed by atoms with Gasteiger partial charge in [0.25, 0.3) is 5.56 Å². The fourth-order valence-electron chi connectivity index (χ4n) is 4.06. The van der Waals surface area contributed by atoms with Crippen LogP contribution in [0.5, 0.6) is 0 Å². The van der Waals surface area contributed by atoms with Crippen LogP contribution in [0.3, 0.4) is 0 Å². The van der Waals surface area contributed by atoms with Crippen molar-refractivity contribution in [3.8, 4) is 0 Å². The van der Waals surface area contributed by atoms with Crippen molar-refractivity contribution in [1.82, 2.24) is 19.9 Å². The number of nitrogens with one attached hydrogen (secondary N) is 1. The van der Waals surface area contributed by atoms with E-state index >= 15 is 0 Å². The summed E-state index contributed by atoms with van der Waals surface area (Å²) in [6, 6.07) is 15.7. The Bertz CT molecular complexity index is 1240. The first-order chi connectivity index (χ1) is 14.7. The zero-order valence-electron chi connectivity index (χ0n) is 16.5. The Kier molecular flexibility index (Phi) is 5.04. The monoisotopic (exact) mass is 418 g/mol. The van der Waals surface area contributed by atoms with E-state index in [1.54, 1.807) is 11.3 Å². The van der Waals surface area contributed by atoms with Crippen LogP contribution in [0.25, 0.3) is 21.3 Å². The van der Waals surface area contributed by atoms with Gasteiger partial charge < -0.3 is 9.88 Å². The van der Waals surface area contributed by atoms with Gasteiger partial charge in [-0.2, -0.15) is 0 Å². The van der Waals surface area contributed by atoms with E-state index in [4.69, 9.17) is 4.98 Å². The fraction of sp³-hybridized carbons (Fsp3) is 0.304.